The first-order valence-corrected chi connectivity index (χ1v) is 10.4. The largest absolute Gasteiger partial charge is 0.416 e. The van der Waals surface area contributed by atoms with Crippen molar-refractivity contribution in [2.75, 3.05) is 13.1 Å². The van der Waals surface area contributed by atoms with Crippen LogP contribution in [0.1, 0.15) is 54.9 Å². The lowest BCUT2D eigenvalue weighted by Crippen LogP contribution is -2.56. The molecular formula is C24H30ClF3N2O. The summed E-state index contributed by atoms with van der Waals surface area (Å²) in [5.41, 5.74) is 7.33. The summed E-state index contributed by atoms with van der Waals surface area (Å²) < 4.78 is 39.7. The van der Waals surface area contributed by atoms with Crippen molar-refractivity contribution in [2.45, 2.75) is 57.3 Å². The standard InChI is InChI=1S/C24H29F3N2O.ClH/c1-17(2)19-9-7-18(8-10-19)15-22(30)23(28)11-13-29(14-12-23)16-20-5-3-4-6-21(20)24(25,26)27;/h3-10,17H,11-16,28H2,1-2H3;1H. The maximum absolute atomic E-state index is 13.2. The summed E-state index contributed by atoms with van der Waals surface area (Å²) in [6, 6.07) is 13.7. The zero-order chi connectivity index (χ0) is 21.9. The Kier molecular flexibility index (Phi) is 8.31. The third kappa shape index (κ3) is 6.31. The molecule has 3 rings (SSSR count). The molecule has 31 heavy (non-hydrogen) atoms. The minimum absolute atomic E-state index is 0. The molecule has 0 bridgehead atoms. The number of nitrogens with zero attached hydrogens (tertiary/aromatic N) is 1. The molecule has 1 heterocycles. The topological polar surface area (TPSA) is 46.3 Å². The number of halogens is 4. The molecule has 0 aliphatic carbocycles. The zero-order valence-electron chi connectivity index (χ0n) is 17.9. The first kappa shape index (κ1) is 25.4. The van der Waals surface area contributed by atoms with Crippen LogP contribution >= 0.6 is 12.4 Å². The van der Waals surface area contributed by atoms with Gasteiger partial charge in [0.25, 0.3) is 0 Å². The van der Waals surface area contributed by atoms with Crippen molar-refractivity contribution in [3.8, 4) is 0 Å². The number of ketones is 1. The second-order valence-corrected chi connectivity index (χ2v) is 8.58. The molecule has 0 atom stereocenters. The summed E-state index contributed by atoms with van der Waals surface area (Å²) >= 11 is 0. The van der Waals surface area contributed by atoms with Gasteiger partial charge in [-0.2, -0.15) is 13.2 Å². The Labute approximate surface area is 188 Å². The maximum atomic E-state index is 13.2. The molecule has 1 fully saturated rings. The molecule has 1 saturated heterocycles. The fourth-order valence-electron chi connectivity index (χ4n) is 3.95. The molecule has 3 nitrogen and oxygen atoms in total. The van der Waals surface area contributed by atoms with E-state index < -0.39 is 17.3 Å². The summed E-state index contributed by atoms with van der Waals surface area (Å²) in [5.74, 6) is 0.428. The third-order valence-corrected chi connectivity index (χ3v) is 6.03. The van der Waals surface area contributed by atoms with E-state index in [-0.39, 0.29) is 36.7 Å². The number of rotatable bonds is 6. The van der Waals surface area contributed by atoms with Crippen LogP contribution in [0.25, 0.3) is 0 Å². The van der Waals surface area contributed by atoms with Gasteiger partial charge in [-0.1, -0.05) is 56.3 Å². The van der Waals surface area contributed by atoms with E-state index in [2.05, 4.69) is 13.8 Å². The summed E-state index contributed by atoms with van der Waals surface area (Å²) in [6.07, 6.45) is -3.19. The average Bonchev–Trinajstić information content (AvgIpc) is 2.70. The number of nitrogens with two attached hydrogens (primary N) is 1. The average molecular weight is 455 g/mol. The van der Waals surface area contributed by atoms with Crippen LogP contribution in [-0.4, -0.2) is 29.3 Å². The molecule has 1 aliphatic heterocycles. The fraction of sp³-hybridized carbons (Fsp3) is 0.458. The van der Waals surface area contributed by atoms with Crippen molar-refractivity contribution in [1.82, 2.24) is 4.90 Å². The molecule has 2 aromatic carbocycles. The number of carbonyl (C=O) groups is 1. The second-order valence-electron chi connectivity index (χ2n) is 8.58. The number of piperidine rings is 1. The van der Waals surface area contributed by atoms with Gasteiger partial charge in [0.15, 0.2) is 5.78 Å². The molecule has 0 unspecified atom stereocenters. The molecule has 0 saturated carbocycles. The number of hydrogen-bond acceptors (Lipinski definition) is 3. The van der Waals surface area contributed by atoms with E-state index in [9.17, 15) is 18.0 Å². The quantitative estimate of drug-likeness (QED) is 0.639. The van der Waals surface area contributed by atoms with Crippen molar-refractivity contribution in [3.63, 3.8) is 0 Å². The molecule has 0 spiro atoms. The van der Waals surface area contributed by atoms with Gasteiger partial charge < -0.3 is 5.73 Å². The Morgan fingerprint density at radius 1 is 1.06 bits per heavy atom. The van der Waals surface area contributed by atoms with Gasteiger partial charge in [0.05, 0.1) is 11.1 Å². The van der Waals surface area contributed by atoms with E-state index in [0.29, 0.717) is 31.8 Å². The van der Waals surface area contributed by atoms with Gasteiger partial charge in [-0.15, -0.1) is 12.4 Å². The number of likely N-dealkylation sites (tertiary alicyclic amines) is 1. The SMILES string of the molecule is CC(C)c1ccc(CC(=O)C2(N)CCN(Cc3ccccc3C(F)(F)F)CC2)cc1.Cl. The van der Waals surface area contributed by atoms with Crippen LogP contribution in [0.2, 0.25) is 0 Å². The smallest absolute Gasteiger partial charge is 0.319 e. The van der Waals surface area contributed by atoms with Gasteiger partial charge >= 0.3 is 6.18 Å². The zero-order valence-corrected chi connectivity index (χ0v) is 18.7. The summed E-state index contributed by atoms with van der Waals surface area (Å²) in [5, 5.41) is 0. The van der Waals surface area contributed by atoms with Gasteiger partial charge in [-0.25, -0.2) is 0 Å². The predicted octanol–water partition coefficient (Wildman–Crippen LogP) is 5.36. The maximum Gasteiger partial charge on any atom is 0.416 e. The van der Waals surface area contributed by atoms with E-state index in [1.54, 1.807) is 6.07 Å². The normalized spacial score (nSPS) is 16.7. The van der Waals surface area contributed by atoms with Gasteiger partial charge in [0.2, 0.25) is 0 Å². The molecule has 0 amide bonds. The molecule has 170 valence electrons. The van der Waals surface area contributed by atoms with Crippen molar-refractivity contribution >= 4 is 18.2 Å². The number of carbonyl (C=O) groups excluding carboxylic acids is 1. The van der Waals surface area contributed by atoms with Crippen LogP contribution in [0.3, 0.4) is 0 Å². The number of benzene rings is 2. The van der Waals surface area contributed by atoms with E-state index in [1.807, 2.05) is 29.2 Å². The van der Waals surface area contributed by atoms with Crippen LogP contribution < -0.4 is 5.73 Å². The van der Waals surface area contributed by atoms with E-state index in [4.69, 9.17) is 5.73 Å². The fourth-order valence-corrected chi connectivity index (χ4v) is 3.95. The van der Waals surface area contributed by atoms with E-state index >= 15 is 0 Å². The minimum Gasteiger partial charge on any atom is -0.319 e. The lowest BCUT2D eigenvalue weighted by atomic mass is 9.82. The highest BCUT2D eigenvalue weighted by atomic mass is 35.5. The molecule has 0 aromatic heterocycles. The predicted molar refractivity (Wildman–Crippen MR) is 119 cm³/mol. The van der Waals surface area contributed by atoms with Crippen LogP contribution in [0.15, 0.2) is 48.5 Å². The summed E-state index contributed by atoms with van der Waals surface area (Å²) in [7, 11) is 0. The van der Waals surface area contributed by atoms with Gasteiger partial charge in [-0.3, -0.25) is 9.69 Å². The molecule has 2 N–H and O–H groups in total. The van der Waals surface area contributed by atoms with Gasteiger partial charge in [0, 0.05) is 26.1 Å². The molecule has 1 aliphatic rings. The van der Waals surface area contributed by atoms with E-state index in [1.165, 1.54) is 17.7 Å². The molecule has 2 aromatic rings. The Balaban J connectivity index is 0.00000341. The van der Waals surface area contributed by atoms with Crippen LogP contribution in [0, 0.1) is 0 Å². The molecule has 0 radical (unpaired) electrons. The Bertz CT molecular complexity index is 873. The Morgan fingerprint density at radius 3 is 2.19 bits per heavy atom. The second kappa shape index (κ2) is 10.2. The van der Waals surface area contributed by atoms with Crippen molar-refractivity contribution in [2.24, 2.45) is 5.73 Å². The minimum atomic E-state index is -4.37. The van der Waals surface area contributed by atoms with Crippen LogP contribution in [0.5, 0.6) is 0 Å². The monoisotopic (exact) mass is 454 g/mol. The first-order valence-electron chi connectivity index (χ1n) is 10.4. The first-order chi connectivity index (χ1) is 14.1. The highest BCUT2D eigenvalue weighted by molar-refractivity contribution is 5.90. The highest BCUT2D eigenvalue weighted by Gasteiger charge is 2.38. The lowest BCUT2D eigenvalue weighted by molar-refractivity contribution is -0.138. The van der Waals surface area contributed by atoms with Crippen LogP contribution in [0.4, 0.5) is 13.2 Å². The van der Waals surface area contributed by atoms with Gasteiger partial charge in [0.1, 0.15) is 0 Å². The molecule has 7 heteroatoms. The summed E-state index contributed by atoms with van der Waals surface area (Å²) in [6.45, 7) is 5.45. The van der Waals surface area contributed by atoms with Crippen molar-refractivity contribution < 1.29 is 18.0 Å². The Hall–Kier alpha value is -1.89. The number of Topliss-reactive ketones (excluding diaryl/α,β-unsaturated/α-hetero) is 1. The van der Waals surface area contributed by atoms with E-state index in [0.717, 1.165) is 11.6 Å². The lowest BCUT2D eigenvalue weighted by Gasteiger charge is -2.38. The van der Waals surface area contributed by atoms with Gasteiger partial charge in [-0.05, 0) is 41.5 Å². The van der Waals surface area contributed by atoms with Crippen molar-refractivity contribution in [3.05, 3.63) is 70.8 Å². The summed E-state index contributed by atoms with van der Waals surface area (Å²) in [4.78, 5) is 14.8. The third-order valence-electron chi connectivity index (χ3n) is 6.03. The number of hydrogen-bond donors (Lipinski definition) is 1. The Morgan fingerprint density at radius 2 is 1.65 bits per heavy atom. The molecular weight excluding hydrogens is 425 g/mol. The van der Waals surface area contributed by atoms with Crippen molar-refractivity contribution in [1.29, 1.82) is 0 Å². The number of alkyl halides is 3. The van der Waals surface area contributed by atoms with Crippen LogP contribution in [-0.2, 0) is 23.9 Å². The highest BCUT2D eigenvalue weighted by Crippen LogP contribution is 2.33.